The molecule has 0 aliphatic rings. The Hall–Kier alpha value is -1.17. The van der Waals surface area contributed by atoms with Crippen LogP contribution in [0.2, 0.25) is 4.34 Å². The van der Waals surface area contributed by atoms with Crippen LogP contribution in [0.3, 0.4) is 0 Å². The summed E-state index contributed by atoms with van der Waals surface area (Å²) in [7, 11) is 0. The van der Waals surface area contributed by atoms with E-state index in [4.69, 9.17) is 16.7 Å². The Labute approximate surface area is 124 Å². The van der Waals surface area contributed by atoms with E-state index in [0.29, 0.717) is 12.3 Å². The molecule has 0 bridgehead atoms. The first-order valence-electron chi connectivity index (χ1n) is 5.56. The molecule has 0 radical (unpaired) electrons. The van der Waals surface area contributed by atoms with Crippen molar-refractivity contribution in [2.24, 2.45) is 0 Å². The fraction of sp³-hybridized carbons (Fsp3) is 0.154. The van der Waals surface area contributed by atoms with Crippen molar-refractivity contribution in [1.29, 1.82) is 0 Å². The fourth-order valence-electron chi connectivity index (χ4n) is 1.37. The number of hydrogen-bond acceptors (Lipinski definition) is 4. The number of amides is 1. The van der Waals surface area contributed by atoms with Crippen LogP contribution >= 0.6 is 34.7 Å². The van der Waals surface area contributed by atoms with Crippen LogP contribution in [0.5, 0.6) is 5.75 Å². The van der Waals surface area contributed by atoms with Crippen molar-refractivity contribution in [3.8, 4) is 5.75 Å². The van der Waals surface area contributed by atoms with Crippen molar-refractivity contribution < 1.29 is 9.90 Å². The van der Waals surface area contributed by atoms with Crippen molar-refractivity contribution in [2.75, 3.05) is 5.75 Å². The number of nitrogens with one attached hydrogen (secondary N) is 1. The number of carbonyl (C=O) groups excluding carboxylic acids is 1. The molecule has 6 heteroatoms. The van der Waals surface area contributed by atoms with Gasteiger partial charge in [0.1, 0.15) is 5.75 Å². The number of aromatic hydroxyl groups is 1. The molecule has 1 aromatic heterocycles. The minimum absolute atomic E-state index is 0.0254. The lowest BCUT2D eigenvalue weighted by Crippen LogP contribution is -2.24. The number of phenols is 1. The third-order valence-electron chi connectivity index (χ3n) is 2.30. The lowest BCUT2D eigenvalue weighted by atomic mass is 10.3. The first-order valence-corrected chi connectivity index (χ1v) is 7.74. The number of thioether (sulfide) groups is 1. The van der Waals surface area contributed by atoms with Crippen LogP contribution in [0.4, 0.5) is 0 Å². The van der Waals surface area contributed by atoms with E-state index in [1.165, 1.54) is 23.1 Å². The number of thiophene rings is 1. The van der Waals surface area contributed by atoms with Gasteiger partial charge in [0, 0.05) is 9.77 Å². The highest BCUT2D eigenvalue weighted by Gasteiger charge is 2.04. The van der Waals surface area contributed by atoms with E-state index in [2.05, 4.69) is 5.32 Å². The van der Waals surface area contributed by atoms with Gasteiger partial charge in [0.05, 0.1) is 16.6 Å². The van der Waals surface area contributed by atoms with Gasteiger partial charge in [-0.05, 0) is 36.4 Å². The molecule has 2 rings (SSSR count). The highest BCUT2D eigenvalue weighted by atomic mass is 35.5. The molecule has 0 unspecified atom stereocenters. The van der Waals surface area contributed by atoms with Crippen molar-refractivity contribution >= 4 is 40.6 Å². The molecule has 0 fully saturated rings. The first kappa shape index (κ1) is 14.2. The largest absolute Gasteiger partial charge is 0.508 e. The molecule has 100 valence electrons. The monoisotopic (exact) mass is 313 g/mol. The third kappa shape index (κ3) is 4.78. The second kappa shape index (κ2) is 6.84. The number of halogens is 1. The summed E-state index contributed by atoms with van der Waals surface area (Å²) < 4.78 is 0.725. The predicted octanol–water partition coefficient (Wildman–Crippen LogP) is 3.52. The molecule has 0 aliphatic carbocycles. The quantitative estimate of drug-likeness (QED) is 0.830. The Bertz CT molecular complexity index is 554. The van der Waals surface area contributed by atoms with Gasteiger partial charge in [0.25, 0.3) is 0 Å². The van der Waals surface area contributed by atoms with Crippen LogP contribution in [0, 0.1) is 0 Å². The standard InChI is InChI=1S/C13H12ClNO2S2/c14-12-6-5-11(19-12)7-15-13(17)8-18-10-3-1-9(16)2-4-10/h1-6,16H,7-8H2,(H,15,17). The summed E-state index contributed by atoms with van der Waals surface area (Å²) in [6, 6.07) is 10.5. The molecule has 19 heavy (non-hydrogen) atoms. The number of phenolic OH excluding ortho intramolecular Hbond substituents is 1. The molecule has 2 N–H and O–H groups in total. The van der Waals surface area contributed by atoms with Crippen molar-refractivity contribution in [2.45, 2.75) is 11.4 Å². The van der Waals surface area contributed by atoms with Gasteiger partial charge in [-0.15, -0.1) is 23.1 Å². The third-order valence-corrected chi connectivity index (χ3v) is 4.54. The van der Waals surface area contributed by atoms with Crippen molar-refractivity contribution in [3.05, 3.63) is 45.6 Å². The molecule has 0 aliphatic heterocycles. The number of rotatable bonds is 5. The summed E-state index contributed by atoms with van der Waals surface area (Å²) in [5.74, 6) is 0.551. The summed E-state index contributed by atoms with van der Waals surface area (Å²) in [5, 5.41) is 12.0. The molecule has 0 spiro atoms. The number of benzene rings is 1. The van der Waals surface area contributed by atoms with E-state index in [1.807, 2.05) is 12.1 Å². The van der Waals surface area contributed by atoms with Gasteiger partial charge < -0.3 is 10.4 Å². The number of hydrogen-bond donors (Lipinski definition) is 2. The average Bonchev–Trinajstić information content (AvgIpc) is 2.81. The average molecular weight is 314 g/mol. The Balaban J connectivity index is 1.74. The van der Waals surface area contributed by atoms with Gasteiger partial charge in [-0.1, -0.05) is 11.6 Å². The highest BCUT2D eigenvalue weighted by molar-refractivity contribution is 8.00. The molecular weight excluding hydrogens is 302 g/mol. The minimum atomic E-state index is -0.0254. The maximum Gasteiger partial charge on any atom is 0.230 e. The van der Waals surface area contributed by atoms with Crippen LogP contribution < -0.4 is 5.32 Å². The zero-order chi connectivity index (χ0) is 13.7. The molecule has 2 aromatic rings. The van der Waals surface area contributed by atoms with Crippen LogP contribution in [-0.4, -0.2) is 16.8 Å². The summed E-state index contributed by atoms with van der Waals surface area (Å²) in [5.41, 5.74) is 0. The van der Waals surface area contributed by atoms with Gasteiger partial charge in [0.2, 0.25) is 5.91 Å². The maximum atomic E-state index is 11.7. The topological polar surface area (TPSA) is 49.3 Å². The van der Waals surface area contributed by atoms with E-state index >= 15 is 0 Å². The molecular formula is C13H12ClNO2S2. The lowest BCUT2D eigenvalue weighted by Gasteiger charge is -2.04. The Kier molecular flexibility index (Phi) is 5.13. The van der Waals surface area contributed by atoms with Crippen LogP contribution in [0.15, 0.2) is 41.3 Å². The molecule has 1 amide bonds. The normalized spacial score (nSPS) is 10.4. The Morgan fingerprint density at radius 3 is 2.63 bits per heavy atom. The fourth-order valence-corrected chi connectivity index (χ4v) is 3.13. The van der Waals surface area contributed by atoms with E-state index in [1.54, 1.807) is 24.3 Å². The van der Waals surface area contributed by atoms with Crippen LogP contribution in [-0.2, 0) is 11.3 Å². The molecule has 3 nitrogen and oxygen atoms in total. The van der Waals surface area contributed by atoms with E-state index in [-0.39, 0.29) is 11.7 Å². The summed E-state index contributed by atoms with van der Waals surface area (Å²) >= 11 is 8.70. The molecule has 0 saturated carbocycles. The lowest BCUT2D eigenvalue weighted by molar-refractivity contribution is -0.118. The van der Waals surface area contributed by atoms with Crippen LogP contribution in [0.1, 0.15) is 4.88 Å². The van der Waals surface area contributed by atoms with Gasteiger partial charge in [-0.2, -0.15) is 0 Å². The zero-order valence-electron chi connectivity index (χ0n) is 9.93. The van der Waals surface area contributed by atoms with Gasteiger partial charge in [-0.3, -0.25) is 4.79 Å². The Morgan fingerprint density at radius 1 is 1.26 bits per heavy atom. The summed E-state index contributed by atoms with van der Waals surface area (Å²) in [4.78, 5) is 13.6. The van der Waals surface area contributed by atoms with E-state index in [9.17, 15) is 4.79 Å². The molecule has 0 saturated heterocycles. The highest BCUT2D eigenvalue weighted by Crippen LogP contribution is 2.22. The van der Waals surface area contributed by atoms with Crippen molar-refractivity contribution in [3.63, 3.8) is 0 Å². The zero-order valence-corrected chi connectivity index (χ0v) is 12.3. The van der Waals surface area contributed by atoms with Gasteiger partial charge >= 0.3 is 0 Å². The van der Waals surface area contributed by atoms with E-state index in [0.717, 1.165) is 14.1 Å². The predicted molar refractivity (Wildman–Crippen MR) is 80.0 cm³/mol. The maximum absolute atomic E-state index is 11.7. The summed E-state index contributed by atoms with van der Waals surface area (Å²) in [6.45, 7) is 0.506. The van der Waals surface area contributed by atoms with Gasteiger partial charge in [-0.25, -0.2) is 0 Å². The second-order valence-electron chi connectivity index (χ2n) is 3.77. The number of carbonyl (C=O) groups is 1. The second-order valence-corrected chi connectivity index (χ2v) is 6.61. The SMILES string of the molecule is O=C(CSc1ccc(O)cc1)NCc1ccc(Cl)s1. The molecule has 1 aromatic carbocycles. The van der Waals surface area contributed by atoms with E-state index < -0.39 is 0 Å². The summed E-state index contributed by atoms with van der Waals surface area (Å²) in [6.07, 6.45) is 0. The van der Waals surface area contributed by atoms with Crippen molar-refractivity contribution in [1.82, 2.24) is 5.32 Å². The Morgan fingerprint density at radius 2 is 2.00 bits per heavy atom. The molecule has 1 heterocycles. The molecule has 0 atom stereocenters. The van der Waals surface area contributed by atoms with Gasteiger partial charge in [0.15, 0.2) is 0 Å². The van der Waals surface area contributed by atoms with Crippen LogP contribution in [0.25, 0.3) is 0 Å². The smallest absolute Gasteiger partial charge is 0.230 e. The minimum Gasteiger partial charge on any atom is -0.508 e. The first-order chi connectivity index (χ1) is 9.13.